The Balaban J connectivity index is 1.59. The number of methoxy groups -OCH3 is 1. The van der Waals surface area contributed by atoms with Crippen molar-refractivity contribution < 1.29 is 19.0 Å². The van der Waals surface area contributed by atoms with Gasteiger partial charge in [0.05, 0.1) is 12.8 Å². The quantitative estimate of drug-likeness (QED) is 0.633. The normalized spacial score (nSPS) is 17.2. The van der Waals surface area contributed by atoms with Crippen LogP contribution in [0.15, 0.2) is 30.3 Å². The van der Waals surface area contributed by atoms with Crippen LogP contribution in [0.3, 0.4) is 0 Å². The summed E-state index contributed by atoms with van der Waals surface area (Å²) in [4.78, 5) is 14.4. The van der Waals surface area contributed by atoms with Crippen molar-refractivity contribution in [3.63, 3.8) is 0 Å². The van der Waals surface area contributed by atoms with Gasteiger partial charge in [-0.3, -0.25) is 9.69 Å². The number of hydrogen-bond acceptors (Lipinski definition) is 8. The number of tetrazole rings is 1. The summed E-state index contributed by atoms with van der Waals surface area (Å²) in [5.74, 6) is 2.42. The van der Waals surface area contributed by atoms with Crippen molar-refractivity contribution in [3.8, 4) is 22.9 Å². The Bertz CT molecular complexity index is 1210. The third-order valence-corrected chi connectivity index (χ3v) is 6.02. The minimum absolute atomic E-state index is 0.0501. The first-order chi connectivity index (χ1) is 16.0. The molecule has 0 radical (unpaired) electrons. The van der Waals surface area contributed by atoms with Gasteiger partial charge in [0.25, 0.3) is 0 Å². The fourth-order valence-electron chi connectivity index (χ4n) is 4.31. The second-order valence-corrected chi connectivity index (χ2v) is 8.49. The third-order valence-electron chi connectivity index (χ3n) is 6.02. The standard InChI is InChI=1S/C23H26N6O4/c1-13(2)23(30)24-15-6-5-7-16(11-15)29-22(25-26-27-29)19-18-14(8-9-28(19)3)10-17-20(21(18)31-4)33-12-32-17/h5-7,10-11,13,19H,8-9,12H2,1-4H3,(H,24,30). The molecule has 33 heavy (non-hydrogen) atoms. The molecule has 10 heteroatoms. The van der Waals surface area contributed by atoms with E-state index in [1.165, 1.54) is 0 Å². The predicted molar refractivity (Wildman–Crippen MR) is 120 cm³/mol. The van der Waals surface area contributed by atoms with Gasteiger partial charge >= 0.3 is 0 Å². The molecule has 1 amide bonds. The average molecular weight is 450 g/mol. The number of aromatic nitrogens is 4. The Morgan fingerprint density at radius 2 is 2.12 bits per heavy atom. The number of ether oxygens (including phenoxy) is 3. The minimum Gasteiger partial charge on any atom is -0.492 e. The molecule has 2 aliphatic rings. The number of hydrogen-bond donors (Lipinski definition) is 1. The molecule has 1 N–H and O–H groups in total. The molecule has 0 aliphatic carbocycles. The highest BCUT2D eigenvalue weighted by atomic mass is 16.7. The lowest BCUT2D eigenvalue weighted by Crippen LogP contribution is -2.35. The summed E-state index contributed by atoms with van der Waals surface area (Å²) in [5, 5.41) is 15.6. The number of fused-ring (bicyclic) bond motifs is 2. The van der Waals surface area contributed by atoms with Crippen LogP contribution in [-0.4, -0.2) is 58.5 Å². The summed E-state index contributed by atoms with van der Waals surface area (Å²) in [6.45, 7) is 4.70. The van der Waals surface area contributed by atoms with Gasteiger partial charge < -0.3 is 19.5 Å². The lowest BCUT2D eigenvalue weighted by molar-refractivity contribution is -0.118. The Labute approximate surface area is 191 Å². The van der Waals surface area contributed by atoms with E-state index in [4.69, 9.17) is 14.2 Å². The number of carbonyl (C=O) groups excluding carboxylic acids is 1. The van der Waals surface area contributed by atoms with Crippen LogP contribution in [0.1, 0.15) is 36.8 Å². The zero-order chi connectivity index (χ0) is 23.1. The fourth-order valence-corrected chi connectivity index (χ4v) is 4.31. The number of likely N-dealkylation sites (N-methyl/N-ethyl adjacent to an activating group) is 1. The van der Waals surface area contributed by atoms with Crippen LogP contribution in [0.25, 0.3) is 5.69 Å². The van der Waals surface area contributed by atoms with Gasteiger partial charge in [0, 0.05) is 23.7 Å². The minimum atomic E-state index is -0.262. The van der Waals surface area contributed by atoms with E-state index >= 15 is 0 Å². The summed E-state index contributed by atoms with van der Waals surface area (Å²) in [7, 11) is 3.67. The summed E-state index contributed by atoms with van der Waals surface area (Å²) in [6, 6.07) is 9.25. The molecule has 0 fully saturated rings. The molecule has 1 unspecified atom stereocenters. The predicted octanol–water partition coefficient (Wildman–Crippen LogP) is 2.57. The first-order valence-corrected chi connectivity index (χ1v) is 10.9. The second kappa shape index (κ2) is 8.36. The zero-order valence-corrected chi connectivity index (χ0v) is 19.0. The van der Waals surface area contributed by atoms with Crippen molar-refractivity contribution in [2.75, 3.05) is 32.8 Å². The molecular formula is C23H26N6O4. The van der Waals surface area contributed by atoms with Crippen molar-refractivity contribution in [1.29, 1.82) is 0 Å². The number of amides is 1. The molecule has 3 heterocycles. The fraction of sp³-hybridized carbons (Fsp3) is 0.391. The highest BCUT2D eigenvalue weighted by molar-refractivity contribution is 5.92. The topological polar surface area (TPSA) is 104 Å². The smallest absolute Gasteiger partial charge is 0.231 e. The van der Waals surface area contributed by atoms with Gasteiger partial charge in [0.1, 0.15) is 6.04 Å². The average Bonchev–Trinajstić information content (AvgIpc) is 3.47. The van der Waals surface area contributed by atoms with Crippen LogP contribution < -0.4 is 19.5 Å². The van der Waals surface area contributed by atoms with Gasteiger partial charge in [-0.1, -0.05) is 19.9 Å². The van der Waals surface area contributed by atoms with E-state index in [2.05, 4.69) is 25.7 Å². The highest BCUT2D eigenvalue weighted by Gasteiger charge is 2.37. The van der Waals surface area contributed by atoms with Gasteiger partial charge in [-0.05, 0) is 53.7 Å². The van der Waals surface area contributed by atoms with Gasteiger partial charge in [-0.25, -0.2) is 0 Å². The molecule has 0 spiro atoms. The molecule has 0 bridgehead atoms. The highest BCUT2D eigenvalue weighted by Crippen LogP contribution is 2.50. The van der Waals surface area contributed by atoms with Crippen molar-refractivity contribution in [2.24, 2.45) is 5.92 Å². The molecule has 3 aromatic rings. The number of rotatable bonds is 5. The summed E-state index contributed by atoms with van der Waals surface area (Å²) in [6.07, 6.45) is 0.841. The molecular weight excluding hydrogens is 424 g/mol. The number of carbonyl (C=O) groups is 1. The van der Waals surface area contributed by atoms with E-state index in [1.807, 2.05) is 51.2 Å². The summed E-state index contributed by atoms with van der Waals surface area (Å²) >= 11 is 0. The van der Waals surface area contributed by atoms with Crippen LogP contribution >= 0.6 is 0 Å². The van der Waals surface area contributed by atoms with E-state index in [0.717, 1.165) is 29.8 Å². The summed E-state index contributed by atoms with van der Waals surface area (Å²) in [5.41, 5.74) is 3.52. The number of benzene rings is 2. The first-order valence-electron chi connectivity index (χ1n) is 10.9. The van der Waals surface area contributed by atoms with E-state index in [9.17, 15) is 4.79 Å². The molecule has 1 atom stereocenters. The van der Waals surface area contributed by atoms with Crippen LogP contribution in [0.2, 0.25) is 0 Å². The van der Waals surface area contributed by atoms with Crippen molar-refractivity contribution >= 4 is 11.6 Å². The van der Waals surface area contributed by atoms with Crippen LogP contribution in [-0.2, 0) is 11.2 Å². The van der Waals surface area contributed by atoms with Gasteiger partial charge in [0.15, 0.2) is 17.3 Å². The monoisotopic (exact) mass is 450 g/mol. The molecule has 0 saturated carbocycles. The largest absolute Gasteiger partial charge is 0.492 e. The third kappa shape index (κ3) is 3.66. The zero-order valence-electron chi connectivity index (χ0n) is 19.0. The molecule has 1 aromatic heterocycles. The molecule has 172 valence electrons. The van der Waals surface area contributed by atoms with Crippen LogP contribution in [0, 0.1) is 5.92 Å². The SMILES string of the molecule is COc1c2c(cc3c1C(c1nnnn1-c1cccc(NC(=O)C(C)C)c1)N(C)CC3)OCO2. The second-order valence-electron chi connectivity index (χ2n) is 8.49. The number of nitrogens with one attached hydrogen (secondary N) is 1. The van der Waals surface area contributed by atoms with Crippen LogP contribution in [0.5, 0.6) is 17.2 Å². The van der Waals surface area contributed by atoms with E-state index in [1.54, 1.807) is 11.8 Å². The van der Waals surface area contributed by atoms with Crippen molar-refractivity contribution in [3.05, 3.63) is 47.3 Å². The molecule has 0 saturated heterocycles. The maximum absolute atomic E-state index is 12.2. The molecule has 2 aromatic carbocycles. The van der Waals surface area contributed by atoms with E-state index in [0.29, 0.717) is 28.8 Å². The Morgan fingerprint density at radius 1 is 1.27 bits per heavy atom. The van der Waals surface area contributed by atoms with Gasteiger partial charge in [-0.2, -0.15) is 4.68 Å². The maximum atomic E-state index is 12.2. The van der Waals surface area contributed by atoms with E-state index < -0.39 is 0 Å². The number of nitrogens with zero attached hydrogens (tertiary/aromatic N) is 5. The van der Waals surface area contributed by atoms with E-state index in [-0.39, 0.29) is 24.7 Å². The lowest BCUT2D eigenvalue weighted by atomic mass is 9.90. The molecule has 5 rings (SSSR count). The van der Waals surface area contributed by atoms with Gasteiger partial charge in [-0.15, -0.1) is 5.10 Å². The first kappa shape index (κ1) is 21.2. The van der Waals surface area contributed by atoms with Crippen LogP contribution in [0.4, 0.5) is 5.69 Å². The lowest BCUT2D eigenvalue weighted by Gasteiger charge is -2.34. The van der Waals surface area contributed by atoms with Crippen molar-refractivity contribution in [2.45, 2.75) is 26.3 Å². The number of anilines is 1. The summed E-state index contributed by atoms with van der Waals surface area (Å²) < 4.78 is 18.8. The Morgan fingerprint density at radius 3 is 2.91 bits per heavy atom. The Hall–Kier alpha value is -3.66. The maximum Gasteiger partial charge on any atom is 0.231 e. The molecule has 10 nitrogen and oxygen atoms in total. The van der Waals surface area contributed by atoms with Crippen molar-refractivity contribution in [1.82, 2.24) is 25.1 Å². The van der Waals surface area contributed by atoms with Gasteiger partial charge in [0.2, 0.25) is 18.4 Å². The Kier molecular flexibility index (Phi) is 5.37. The molecule has 2 aliphatic heterocycles.